The lowest BCUT2D eigenvalue weighted by atomic mass is 10.1. The highest BCUT2D eigenvalue weighted by Crippen LogP contribution is 2.22. The molecule has 1 aromatic heterocycles. The molecule has 1 aromatic carbocycles. The molecule has 3 N–H and O–H groups in total. The number of nitrogens with one attached hydrogen (secondary N) is 1. The minimum Gasteiger partial charge on any atom is -0.336 e. The summed E-state index contributed by atoms with van der Waals surface area (Å²) in [4.78, 5) is 19.1. The smallest absolute Gasteiger partial charge is 0.254 e. The van der Waals surface area contributed by atoms with Crippen molar-refractivity contribution in [3.63, 3.8) is 0 Å². The van der Waals surface area contributed by atoms with Crippen LogP contribution in [0.3, 0.4) is 0 Å². The van der Waals surface area contributed by atoms with Crippen molar-refractivity contribution < 1.29 is 4.79 Å². The molecule has 5 nitrogen and oxygen atoms in total. The van der Waals surface area contributed by atoms with Gasteiger partial charge in [0.05, 0.1) is 11.1 Å². The Kier molecular flexibility index (Phi) is 4.75. The van der Waals surface area contributed by atoms with Crippen molar-refractivity contribution >= 4 is 22.6 Å². The Bertz CT molecular complexity index is 639. The van der Waals surface area contributed by atoms with E-state index in [4.69, 9.17) is 5.84 Å². The second-order valence-electron chi connectivity index (χ2n) is 5.31. The number of pyridine rings is 1. The van der Waals surface area contributed by atoms with Gasteiger partial charge in [0.15, 0.2) is 0 Å². The quantitative estimate of drug-likeness (QED) is 0.655. The maximum absolute atomic E-state index is 12.9. The first-order chi connectivity index (χ1) is 10.1. The van der Waals surface area contributed by atoms with E-state index in [9.17, 15) is 4.79 Å². The number of nitrogen functional groups attached to an aromatic ring is 1. The maximum Gasteiger partial charge on any atom is 0.254 e. The number of hydrogen-bond acceptors (Lipinski definition) is 4. The van der Waals surface area contributed by atoms with Gasteiger partial charge in [-0.2, -0.15) is 0 Å². The van der Waals surface area contributed by atoms with Crippen LogP contribution in [0.25, 0.3) is 10.9 Å². The molecule has 0 aliphatic heterocycles. The monoisotopic (exact) mass is 286 g/mol. The van der Waals surface area contributed by atoms with Crippen LogP contribution in [0.4, 0.5) is 5.82 Å². The molecular formula is C16H22N4O. The van der Waals surface area contributed by atoms with Crippen LogP contribution in [-0.2, 0) is 0 Å². The SMILES string of the molecule is CCCN(C(=O)c1cc(NN)nc2ccccc12)C(C)C. The zero-order valence-corrected chi connectivity index (χ0v) is 12.8. The van der Waals surface area contributed by atoms with Crippen molar-refractivity contribution in [2.24, 2.45) is 5.84 Å². The molecule has 1 amide bonds. The minimum absolute atomic E-state index is 0.0157. The fourth-order valence-corrected chi connectivity index (χ4v) is 2.42. The van der Waals surface area contributed by atoms with Gasteiger partial charge in [-0.1, -0.05) is 25.1 Å². The second-order valence-corrected chi connectivity index (χ2v) is 5.31. The van der Waals surface area contributed by atoms with Gasteiger partial charge in [-0.3, -0.25) is 4.79 Å². The number of para-hydroxylation sites is 1. The van der Waals surface area contributed by atoms with E-state index in [0.717, 1.165) is 23.9 Å². The lowest BCUT2D eigenvalue weighted by Gasteiger charge is -2.27. The molecule has 0 spiro atoms. The predicted molar refractivity (Wildman–Crippen MR) is 86.0 cm³/mol. The molecule has 0 fully saturated rings. The van der Waals surface area contributed by atoms with Gasteiger partial charge in [0.1, 0.15) is 5.82 Å². The third-order valence-corrected chi connectivity index (χ3v) is 3.44. The van der Waals surface area contributed by atoms with Crippen molar-refractivity contribution in [2.45, 2.75) is 33.2 Å². The summed E-state index contributed by atoms with van der Waals surface area (Å²) in [5.41, 5.74) is 3.93. The van der Waals surface area contributed by atoms with Gasteiger partial charge in [0, 0.05) is 18.0 Å². The fraction of sp³-hybridized carbons (Fsp3) is 0.375. The third-order valence-electron chi connectivity index (χ3n) is 3.44. The first kappa shape index (κ1) is 15.3. The summed E-state index contributed by atoms with van der Waals surface area (Å²) in [6.45, 7) is 6.86. The van der Waals surface area contributed by atoms with Crippen molar-refractivity contribution in [1.82, 2.24) is 9.88 Å². The van der Waals surface area contributed by atoms with Crippen LogP contribution in [-0.4, -0.2) is 28.4 Å². The Hall–Kier alpha value is -2.14. The van der Waals surface area contributed by atoms with E-state index in [2.05, 4.69) is 17.3 Å². The van der Waals surface area contributed by atoms with Crippen molar-refractivity contribution in [3.8, 4) is 0 Å². The standard InChI is InChI=1S/C16H22N4O/c1-4-9-20(11(2)3)16(21)13-10-15(19-17)18-14-8-6-5-7-12(13)14/h5-8,10-11H,4,9,17H2,1-3H3,(H,18,19). The number of hydrogen-bond donors (Lipinski definition) is 2. The number of carbonyl (C=O) groups is 1. The number of hydrazine groups is 1. The fourth-order valence-electron chi connectivity index (χ4n) is 2.42. The zero-order chi connectivity index (χ0) is 15.4. The first-order valence-electron chi connectivity index (χ1n) is 7.25. The molecule has 0 bridgehead atoms. The van der Waals surface area contributed by atoms with Gasteiger partial charge in [0.2, 0.25) is 0 Å². The Labute approximate surface area is 125 Å². The largest absolute Gasteiger partial charge is 0.336 e. The zero-order valence-electron chi connectivity index (χ0n) is 12.8. The average Bonchev–Trinajstić information content (AvgIpc) is 2.50. The molecule has 0 aliphatic rings. The molecule has 1 heterocycles. The lowest BCUT2D eigenvalue weighted by molar-refractivity contribution is 0.0708. The number of amides is 1. The van der Waals surface area contributed by atoms with Crippen LogP contribution in [0.5, 0.6) is 0 Å². The number of nitrogens with two attached hydrogens (primary N) is 1. The molecule has 2 rings (SSSR count). The third kappa shape index (κ3) is 3.13. The number of benzene rings is 1. The molecule has 0 radical (unpaired) electrons. The summed E-state index contributed by atoms with van der Waals surface area (Å²) < 4.78 is 0. The molecule has 0 aliphatic carbocycles. The van der Waals surface area contributed by atoms with Gasteiger partial charge in [-0.25, -0.2) is 10.8 Å². The van der Waals surface area contributed by atoms with Crippen LogP contribution in [0.1, 0.15) is 37.6 Å². The van der Waals surface area contributed by atoms with Gasteiger partial charge in [0.25, 0.3) is 5.91 Å². The predicted octanol–water partition coefficient (Wildman–Crippen LogP) is 2.78. The molecule has 0 atom stereocenters. The average molecular weight is 286 g/mol. The summed E-state index contributed by atoms with van der Waals surface area (Å²) in [6.07, 6.45) is 0.926. The van der Waals surface area contributed by atoms with E-state index in [1.807, 2.05) is 43.0 Å². The summed E-state index contributed by atoms with van der Waals surface area (Å²) in [6, 6.07) is 9.48. The minimum atomic E-state index is 0.0157. The summed E-state index contributed by atoms with van der Waals surface area (Å²) in [5, 5.41) is 0.850. The number of carbonyl (C=O) groups excluding carboxylic acids is 1. The van der Waals surface area contributed by atoms with E-state index < -0.39 is 0 Å². The highest BCUT2D eigenvalue weighted by molar-refractivity contribution is 6.07. The van der Waals surface area contributed by atoms with Gasteiger partial charge >= 0.3 is 0 Å². The van der Waals surface area contributed by atoms with Crippen LogP contribution >= 0.6 is 0 Å². The lowest BCUT2D eigenvalue weighted by Crippen LogP contribution is -2.37. The topological polar surface area (TPSA) is 71.2 Å². The number of nitrogens with zero attached hydrogens (tertiary/aromatic N) is 2. The van der Waals surface area contributed by atoms with Crippen LogP contribution in [0.2, 0.25) is 0 Å². The van der Waals surface area contributed by atoms with Gasteiger partial charge < -0.3 is 10.3 Å². The molecule has 0 unspecified atom stereocenters. The number of fused-ring (bicyclic) bond motifs is 1. The van der Waals surface area contributed by atoms with E-state index in [1.165, 1.54) is 0 Å². The van der Waals surface area contributed by atoms with Crippen LogP contribution in [0, 0.1) is 0 Å². The molecule has 0 saturated heterocycles. The number of anilines is 1. The molecular weight excluding hydrogens is 264 g/mol. The molecule has 5 heteroatoms. The summed E-state index contributed by atoms with van der Waals surface area (Å²) in [5.74, 6) is 5.98. The van der Waals surface area contributed by atoms with Crippen LogP contribution in [0.15, 0.2) is 30.3 Å². The molecule has 21 heavy (non-hydrogen) atoms. The van der Waals surface area contributed by atoms with Crippen molar-refractivity contribution in [1.29, 1.82) is 0 Å². The molecule has 112 valence electrons. The Balaban J connectivity index is 2.55. The summed E-state index contributed by atoms with van der Waals surface area (Å²) in [7, 11) is 0. The highest BCUT2D eigenvalue weighted by atomic mass is 16.2. The van der Waals surface area contributed by atoms with Gasteiger partial charge in [-0.05, 0) is 32.4 Å². The molecule has 2 aromatic rings. The maximum atomic E-state index is 12.9. The Morgan fingerprint density at radius 1 is 1.38 bits per heavy atom. The Morgan fingerprint density at radius 3 is 2.71 bits per heavy atom. The van der Waals surface area contributed by atoms with E-state index in [-0.39, 0.29) is 11.9 Å². The first-order valence-corrected chi connectivity index (χ1v) is 7.25. The normalized spacial score (nSPS) is 10.9. The van der Waals surface area contributed by atoms with Crippen molar-refractivity contribution in [2.75, 3.05) is 12.0 Å². The summed E-state index contributed by atoms with van der Waals surface area (Å²) >= 11 is 0. The second kappa shape index (κ2) is 6.54. The van der Waals surface area contributed by atoms with Crippen molar-refractivity contribution in [3.05, 3.63) is 35.9 Å². The highest BCUT2D eigenvalue weighted by Gasteiger charge is 2.21. The number of aromatic nitrogens is 1. The van der Waals surface area contributed by atoms with E-state index >= 15 is 0 Å². The Morgan fingerprint density at radius 2 is 2.10 bits per heavy atom. The number of rotatable bonds is 5. The van der Waals surface area contributed by atoms with Crippen LogP contribution < -0.4 is 11.3 Å². The molecule has 0 saturated carbocycles. The van der Waals surface area contributed by atoms with E-state index in [1.54, 1.807) is 6.07 Å². The van der Waals surface area contributed by atoms with E-state index in [0.29, 0.717) is 11.4 Å². The van der Waals surface area contributed by atoms with Gasteiger partial charge in [-0.15, -0.1) is 0 Å².